The summed E-state index contributed by atoms with van der Waals surface area (Å²) in [7, 11) is 3.30. The van der Waals surface area contributed by atoms with Crippen LogP contribution in [0, 0.1) is 5.92 Å². The zero-order valence-corrected chi connectivity index (χ0v) is 17.5. The van der Waals surface area contributed by atoms with Crippen molar-refractivity contribution < 1.29 is 18.9 Å². The number of hydrogen-bond acceptors (Lipinski definition) is 5. The first-order chi connectivity index (χ1) is 13.8. The Hall–Kier alpha value is -1.99. The molecule has 1 fully saturated rings. The summed E-state index contributed by atoms with van der Waals surface area (Å²) in [5.41, 5.74) is 1.01. The maximum absolute atomic E-state index is 5.81. The lowest BCUT2D eigenvalue weighted by Gasteiger charge is -2.21. The Kier molecular flexibility index (Phi) is 10.5. The zero-order valence-electron chi connectivity index (χ0n) is 17.5. The Labute approximate surface area is 168 Å². The molecule has 1 aliphatic rings. The van der Waals surface area contributed by atoms with E-state index in [0.29, 0.717) is 12.5 Å². The van der Waals surface area contributed by atoms with E-state index < -0.39 is 0 Å². The fourth-order valence-corrected chi connectivity index (χ4v) is 3.03. The lowest BCUT2D eigenvalue weighted by Crippen LogP contribution is -2.38. The monoisotopic (exact) mass is 393 g/mol. The van der Waals surface area contributed by atoms with E-state index in [1.54, 1.807) is 14.2 Å². The molecule has 0 bridgehead atoms. The summed E-state index contributed by atoms with van der Waals surface area (Å²) >= 11 is 0. The molecule has 28 heavy (non-hydrogen) atoms. The van der Waals surface area contributed by atoms with E-state index in [1.165, 1.54) is 0 Å². The molecular formula is C21H35N3O4. The van der Waals surface area contributed by atoms with Gasteiger partial charge in [-0.05, 0) is 44.2 Å². The highest BCUT2D eigenvalue weighted by molar-refractivity contribution is 5.79. The van der Waals surface area contributed by atoms with Crippen molar-refractivity contribution in [2.24, 2.45) is 10.9 Å². The van der Waals surface area contributed by atoms with Crippen LogP contribution in [0.4, 0.5) is 0 Å². The van der Waals surface area contributed by atoms with Gasteiger partial charge in [0.05, 0.1) is 20.8 Å². The van der Waals surface area contributed by atoms with Gasteiger partial charge in [-0.1, -0.05) is 0 Å². The van der Waals surface area contributed by atoms with Crippen molar-refractivity contribution in [3.63, 3.8) is 0 Å². The molecule has 1 aromatic rings. The Bertz CT molecular complexity index is 589. The Morgan fingerprint density at radius 2 is 2.00 bits per heavy atom. The molecule has 0 amide bonds. The molecule has 0 aromatic heterocycles. The van der Waals surface area contributed by atoms with Gasteiger partial charge in [0.2, 0.25) is 0 Å². The van der Waals surface area contributed by atoms with Crippen molar-refractivity contribution in [2.75, 3.05) is 53.7 Å². The van der Waals surface area contributed by atoms with E-state index in [1.807, 2.05) is 18.2 Å². The molecule has 0 atom stereocenters. The van der Waals surface area contributed by atoms with E-state index in [2.05, 4.69) is 22.5 Å². The van der Waals surface area contributed by atoms with Crippen LogP contribution in [-0.2, 0) is 16.0 Å². The molecule has 0 spiro atoms. The van der Waals surface area contributed by atoms with Crippen LogP contribution in [0.1, 0.15) is 31.7 Å². The van der Waals surface area contributed by atoms with Gasteiger partial charge in [0.25, 0.3) is 0 Å². The average molecular weight is 394 g/mol. The van der Waals surface area contributed by atoms with Gasteiger partial charge in [0.1, 0.15) is 11.5 Å². The van der Waals surface area contributed by atoms with Gasteiger partial charge in [0, 0.05) is 51.1 Å². The third-order valence-electron chi connectivity index (χ3n) is 4.70. The lowest BCUT2D eigenvalue weighted by atomic mass is 10.0. The highest BCUT2D eigenvalue weighted by Gasteiger charge is 2.13. The van der Waals surface area contributed by atoms with Crippen molar-refractivity contribution in [1.82, 2.24) is 10.6 Å². The number of ether oxygens (including phenoxy) is 4. The molecule has 1 aromatic carbocycles. The first-order valence-electron chi connectivity index (χ1n) is 10.1. The normalized spacial score (nSPS) is 15.3. The summed E-state index contributed by atoms with van der Waals surface area (Å²) in [6.45, 7) is 7.56. The van der Waals surface area contributed by atoms with E-state index in [4.69, 9.17) is 18.9 Å². The van der Waals surface area contributed by atoms with Crippen molar-refractivity contribution >= 4 is 5.96 Å². The van der Waals surface area contributed by atoms with Crippen LogP contribution in [0.15, 0.2) is 23.2 Å². The number of hydrogen-bond donors (Lipinski definition) is 2. The molecule has 1 aliphatic heterocycles. The second kappa shape index (κ2) is 13.2. The van der Waals surface area contributed by atoms with Crippen LogP contribution in [0.3, 0.4) is 0 Å². The molecular weight excluding hydrogens is 358 g/mol. The highest BCUT2D eigenvalue weighted by atomic mass is 16.5. The smallest absolute Gasteiger partial charge is 0.191 e. The second-order valence-corrected chi connectivity index (χ2v) is 6.78. The molecule has 1 saturated heterocycles. The summed E-state index contributed by atoms with van der Waals surface area (Å²) in [6.07, 6.45) is 3.17. The van der Waals surface area contributed by atoms with E-state index in [-0.39, 0.29) is 0 Å². The molecule has 0 saturated carbocycles. The third kappa shape index (κ3) is 7.94. The van der Waals surface area contributed by atoms with Crippen molar-refractivity contribution in [2.45, 2.75) is 32.7 Å². The van der Waals surface area contributed by atoms with Crippen LogP contribution < -0.4 is 20.1 Å². The molecule has 0 aliphatic carbocycles. The zero-order chi connectivity index (χ0) is 20.0. The van der Waals surface area contributed by atoms with E-state index in [0.717, 1.165) is 81.8 Å². The SMILES string of the molecule is CCNC(=NCc1ccc(OC)cc1OC)NCCCOCC1CCOCC1. The van der Waals surface area contributed by atoms with Crippen LogP contribution >= 0.6 is 0 Å². The first kappa shape index (κ1) is 22.3. The second-order valence-electron chi connectivity index (χ2n) is 6.78. The molecule has 1 heterocycles. The molecule has 2 N–H and O–H groups in total. The standard InChI is InChI=1S/C21H35N3O4/c1-4-22-21(23-10-5-11-28-16-17-8-12-27-13-9-17)24-15-18-6-7-19(25-2)14-20(18)26-3/h6-7,14,17H,4-5,8-13,15-16H2,1-3H3,(H2,22,23,24). The van der Waals surface area contributed by atoms with Gasteiger partial charge in [-0.25, -0.2) is 4.99 Å². The number of methoxy groups -OCH3 is 2. The maximum Gasteiger partial charge on any atom is 0.191 e. The lowest BCUT2D eigenvalue weighted by molar-refractivity contribution is 0.0203. The number of benzene rings is 1. The van der Waals surface area contributed by atoms with Crippen molar-refractivity contribution in [3.8, 4) is 11.5 Å². The van der Waals surface area contributed by atoms with Crippen LogP contribution in [0.5, 0.6) is 11.5 Å². The number of nitrogens with one attached hydrogen (secondary N) is 2. The molecule has 2 rings (SSSR count). The van der Waals surface area contributed by atoms with Gasteiger partial charge in [0.15, 0.2) is 5.96 Å². The molecule has 0 unspecified atom stereocenters. The van der Waals surface area contributed by atoms with E-state index in [9.17, 15) is 0 Å². The quantitative estimate of drug-likeness (QED) is 0.342. The fraction of sp³-hybridized carbons (Fsp3) is 0.667. The topological polar surface area (TPSA) is 73.3 Å². The summed E-state index contributed by atoms with van der Waals surface area (Å²) in [6, 6.07) is 5.78. The van der Waals surface area contributed by atoms with Gasteiger partial charge < -0.3 is 29.6 Å². The van der Waals surface area contributed by atoms with Gasteiger partial charge in [-0.2, -0.15) is 0 Å². The predicted octanol–water partition coefficient (Wildman–Crippen LogP) is 2.59. The van der Waals surface area contributed by atoms with Crippen molar-refractivity contribution in [3.05, 3.63) is 23.8 Å². The average Bonchev–Trinajstić information content (AvgIpc) is 2.74. The minimum absolute atomic E-state index is 0.531. The fourth-order valence-electron chi connectivity index (χ4n) is 3.03. The van der Waals surface area contributed by atoms with Gasteiger partial charge in [-0.15, -0.1) is 0 Å². The largest absolute Gasteiger partial charge is 0.497 e. The summed E-state index contributed by atoms with van der Waals surface area (Å²) < 4.78 is 21.9. The predicted molar refractivity (Wildman–Crippen MR) is 111 cm³/mol. The van der Waals surface area contributed by atoms with Crippen molar-refractivity contribution in [1.29, 1.82) is 0 Å². The molecule has 7 heteroatoms. The summed E-state index contributed by atoms with van der Waals surface area (Å²) in [5.74, 6) is 3.00. The van der Waals surface area contributed by atoms with Crippen LogP contribution in [0.2, 0.25) is 0 Å². The molecule has 7 nitrogen and oxygen atoms in total. The number of aliphatic imine (C=N–C) groups is 1. The van der Waals surface area contributed by atoms with Gasteiger partial charge in [-0.3, -0.25) is 0 Å². The van der Waals surface area contributed by atoms with E-state index >= 15 is 0 Å². The summed E-state index contributed by atoms with van der Waals surface area (Å²) in [4.78, 5) is 4.66. The number of rotatable bonds is 11. The molecule has 0 radical (unpaired) electrons. The summed E-state index contributed by atoms with van der Waals surface area (Å²) in [5, 5.41) is 6.64. The Morgan fingerprint density at radius 1 is 1.18 bits per heavy atom. The van der Waals surface area contributed by atoms with Crippen LogP contribution in [0.25, 0.3) is 0 Å². The number of guanidine groups is 1. The number of nitrogens with zero attached hydrogens (tertiary/aromatic N) is 1. The maximum atomic E-state index is 5.81. The minimum atomic E-state index is 0.531. The third-order valence-corrected chi connectivity index (χ3v) is 4.70. The molecule has 158 valence electrons. The minimum Gasteiger partial charge on any atom is -0.497 e. The van der Waals surface area contributed by atoms with Crippen LogP contribution in [-0.4, -0.2) is 59.7 Å². The highest BCUT2D eigenvalue weighted by Crippen LogP contribution is 2.25. The Morgan fingerprint density at radius 3 is 2.71 bits per heavy atom. The first-order valence-corrected chi connectivity index (χ1v) is 10.1. The van der Waals surface area contributed by atoms with Gasteiger partial charge >= 0.3 is 0 Å². The Balaban J connectivity index is 1.72.